The van der Waals surface area contributed by atoms with E-state index in [1.54, 1.807) is 19.4 Å². The number of hydrogen-bond acceptors (Lipinski definition) is 7. The van der Waals surface area contributed by atoms with Gasteiger partial charge in [-0.3, -0.25) is 0 Å². The normalized spacial score (nSPS) is 10.8. The van der Waals surface area contributed by atoms with Crippen molar-refractivity contribution in [2.45, 2.75) is 6.92 Å². The Morgan fingerprint density at radius 2 is 2.09 bits per heavy atom. The van der Waals surface area contributed by atoms with E-state index in [0.717, 1.165) is 27.7 Å². The minimum atomic E-state index is 0.395. The van der Waals surface area contributed by atoms with Gasteiger partial charge >= 0.3 is 0 Å². The second-order valence-electron chi connectivity index (χ2n) is 7.88. The molecule has 0 aliphatic rings. The lowest BCUT2D eigenvalue weighted by molar-refractivity contribution is 0.417. The lowest BCUT2D eigenvalue weighted by Crippen LogP contribution is -2.17. The first kappa shape index (κ1) is 22.0. The summed E-state index contributed by atoms with van der Waals surface area (Å²) in [5.41, 5.74) is 12.5. The Bertz CT molecular complexity index is 1380. The summed E-state index contributed by atoms with van der Waals surface area (Å²) in [6, 6.07) is 11.7. The van der Waals surface area contributed by atoms with Gasteiger partial charge in [0.05, 0.1) is 40.9 Å². The standard InChI is InChI=1S/C25H26N7O/c1-6-31(3)22-12-23(33-5)21(11-19(22)27)30-25-28-8-7-20(29-25)16-9-17(13-26)24-18(10-16)15(2)14-32(24)4/h7-12,14H,1,6,27H2,2-5H3,(H,28,29,30). The zero-order valence-electron chi connectivity index (χ0n) is 19.2. The van der Waals surface area contributed by atoms with Gasteiger partial charge in [-0.2, -0.15) is 5.26 Å². The third-order valence-electron chi connectivity index (χ3n) is 5.69. The minimum absolute atomic E-state index is 0.395. The number of hydrogen-bond donors (Lipinski definition) is 2. The van der Waals surface area contributed by atoms with Crippen molar-refractivity contribution < 1.29 is 4.74 Å². The molecule has 2 aromatic heterocycles. The van der Waals surface area contributed by atoms with Crippen molar-refractivity contribution in [2.24, 2.45) is 7.05 Å². The predicted molar refractivity (Wildman–Crippen MR) is 133 cm³/mol. The molecule has 0 spiro atoms. The van der Waals surface area contributed by atoms with Crippen LogP contribution in [0.25, 0.3) is 22.2 Å². The Balaban J connectivity index is 1.74. The second-order valence-corrected chi connectivity index (χ2v) is 7.88. The molecule has 8 nitrogen and oxygen atoms in total. The van der Waals surface area contributed by atoms with Crippen LogP contribution in [-0.4, -0.2) is 35.2 Å². The van der Waals surface area contributed by atoms with Gasteiger partial charge in [0.2, 0.25) is 5.95 Å². The van der Waals surface area contributed by atoms with Crippen molar-refractivity contribution in [2.75, 3.05) is 36.7 Å². The van der Waals surface area contributed by atoms with Crippen LogP contribution in [0.1, 0.15) is 11.1 Å². The number of aryl methyl sites for hydroxylation is 2. The van der Waals surface area contributed by atoms with Crippen LogP contribution in [-0.2, 0) is 7.05 Å². The van der Waals surface area contributed by atoms with Crippen LogP contribution in [0.5, 0.6) is 5.75 Å². The molecule has 0 aliphatic carbocycles. The summed E-state index contributed by atoms with van der Waals surface area (Å²) in [5.74, 6) is 1.01. The molecule has 0 atom stereocenters. The van der Waals surface area contributed by atoms with Crippen molar-refractivity contribution in [1.82, 2.24) is 14.5 Å². The number of nitriles is 1. The van der Waals surface area contributed by atoms with E-state index in [-0.39, 0.29) is 0 Å². The zero-order chi connectivity index (χ0) is 23.7. The van der Waals surface area contributed by atoms with Gasteiger partial charge in [-0.1, -0.05) is 0 Å². The van der Waals surface area contributed by atoms with Crippen LogP contribution in [0, 0.1) is 25.2 Å². The molecule has 4 rings (SSSR count). The maximum Gasteiger partial charge on any atom is 0.227 e. The topological polar surface area (TPSA) is 105 Å². The van der Waals surface area contributed by atoms with Gasteiger partial charge in [0, 0.05) is 50.0 Å². The molecule has 0 bridgehead atoms. The number of aromatic nitrogens is 3. The number of methoxy groups -OCH3 is 1. The SMILES string of the molecule is [CH2]CN(C)c1cc(OC)c(Nc2nccc(-c3cc(C#N)c4c(c3)c(C)cn4C)n2)cc1N. The second kappa shape index (κ2) is 8.71. The third-order valence-corrected chi connectivity index (χ3v) is 5.69. The van der Waals surface area contributed by atoms with Crippen LogP contribution in [0.4, 0.5) is 23.0 Å². The van der Waals surface area contributed by atoms with Crippen molar-refractivity contribution in [1.29, 1.82) is 5.26 Å². The Morgan fingerprint density at radius 1 is 1.30 bits per heavy atom. The monoisotopic (exact) mass is 440 g/mol. The summed E-state index contributed by atoms with van der Waals surface area (Å²) >= 11 is 0. The van der Waals surface area contributed by atoms with Crippen LogP contribution in [0.3, 0.4) is 0 Å². The van der Waals surface area contributed by atoms with E-state index in [0.29, 0.717) is 40.9 Å². The molecular weight excluding hydrogens is 414 g/mol. The fraction of sp³-hybridized carbons (Fsp3) is 0.200. The smallest absolute Gasteiger partial charge is 0.227 e. The third kappa shape index (κ3) is 4.01. The van der Waals surface area contributed by atoms with Gasteiger partial charge in [0.15, 0.2) is 0 Å². The highest BCUT2D eigenvalue weighted by Gasteiger charge is 2.15. The molecule has 2 heterocycles. The molecule has 0 amide bonds. The van der Waals surface area contributed by atoms with Gasteiger partial charge in [-0.15, -0.1) is 0 Å². The highest BCUT2D eigenvalue weighted by atomic mass is 16.5. The molecule has 167 valence electrons. The number of nitrogen functional groups attached to an aromatic ring is 1. The minimum Gasteiger partial charge on any atom is -0.494 e. The number of rotatable bonds is 6. The van der Waals surface area contributed by atoms with Crippen molar-refractivity contribution >= 4 is 33.9 Å². The number of anilines is 4. The van der Waals surface area contributed by atoms with Gasteiger partial charge < -0.3 is 25.3 Å². The van der Waals surface area contributed by atoms with Crippen LogP contribution >= 0.6 is 0 Å². The fourth-order valence-corrected chi connectivity index (χ4v) is 3.98. The van der Waals surface area contributed by atoms with Crippen molar-refractivity contribution in [3.8, 4) is 23.1 Å². The molecule has 2 aromatic carbocycles. The van der Waals surface area contributed by atoms with Crippen molar-refractivity contribution in [3.63, 3.8) is 0 Å². The maximum absolute atomic E-state index is 9.71. The van der Waals surface area contributed by atoms with E-state index < -0.39 is 0 Å². The summed E-state index contributed by atoms with van der Waals surface area (Å²) in [4.78, 5) is 11.0. The molecule has 3 N–H and O–H groups in total. The number of benzene rings is 2. The Kier molecular flexibility index (Phi) is 5.80. The van der Waals surface area contributed by atoms with E-state index in [1.807, 2.05) is 54.9 Å². The fourth-order valence-electron chi connectivity index (χ4n) is 3.98. The zero-order valence-corrected chi connectivity index (χ0v) is 19.2. The molecule has 0 saturated carbocycles. The predicted octanol–water partition coefficient (Wildman–Crippen LogP) is 4.42. The first-order valence-electron chi connectivity index (χ1n) is 10.4. The summed E-state index contributed by atoms with van der Waals surface area (Å²) in [6.07, 6.45) is 3.70. The number of nitrogens with one attached hydrogen (secondary N) is 1. The number of nitrogens with zero attached hydrogens (tertiary/aromatic N) is 5. The molecule has 1 radical (unpaired) electrons. The number of fused-ring (bicyclic) bond motifs is 1. The van der Waals surface area contributed by atoms with E-state index >= 15 is 0 Å². The van der Waals surface area contributed by atoms with Crippen LogP contribution in [0.15, 0.2) is 42.7 Å². The molecule has 0 fully saturated rings. The van der Waals surface area contributed by atoms with E-state index in [1.165, 1.54) is 0 Å². The first-order chi connectivity index (χ1) is 15.9. The van der Waals surface area contributed by atoms with Gasteiger partial charge in [0.1, 0.15) is 11.8 Å². The maximum atomic E-state index is 9.71. The van der Waals surface area contributed by atoms with E-state index in [4.69, 9.17) is 10.5 Å². The Labute approximate surface area is 193 Å². The molecule has 8 heteroatoms. The largest absolute Gasteiger partial charge is 0.494 e. The molecule has 0 saturated heterocycles. The van der Waals surface area contributed by atoms with E-state index in [2.05, 4.69) is 34.3 Å². The summed E-state index contributed by atoms with van der Waals surface area (Å²) in [5, 5.41) is 13.9. The lowest BCUT2D eigenvalue weighted by Gasteiger charge is -2.21. The average molecular weight is 441 g/mol. The summed E-state index contributed by atoms with van der Waals surface area (Å²) in [6.45, 7) is 6.50. The molecule has 0 unspecified atom stereocenters. The van der Waals surface area contributed by atoms with Crippen LogP contribution < -0.4 is 20.7 Å². The molecule has 33 heavy (non-hydrogen) atoms. The highest BCUT2D eigenvalue weighted by Crippen LogP contribution is 2.36. The first-order valence-corrected chi connectivity index (χ1v) is 10.4. The van der Waals surface area contributed by atoms with E-state index in [9.17, 15) is 5.26 Å². The highest BCUT2D eigenvalue weighted by molar-refractivity contribution is 5.92. The van der Waals surface area contributed by atoms with Gasteiger partial charge in [-0.05, 0) is 43.7 Å². The number of nitrogens with two attached hydrogens (primary N) is 1. The Morgan fingerprint density at radius 3 is 2.79 bits per heavy atom. The van der Waals surface area contributed by atoms with Gasteiger partial charge in [0.25, 0.3) is 0 Å². The summed E-state index contributed by atoms with van der Waals surface area (Å²) < 4.78 is 7.54. The Hall–Kier alpha value is -4.25. The number of ether oxygens (including phenoxy) is 1. The molecular formula is C25H26N7O. The van der Waals surface area contributed by atoms with Crippen molar-refractivity contribution in [3.05, 3.63) is 60.8 Å². The quantitative estimate of drug-likeness (QED) is 0.428. The van der Waals surface area contributed by atoms with Gasteiger partial charge in [-0.25, -0.2) is 9.97 Å². The van der Waals surface area contributed by atoms with Crippen LogP contribution in [0.2, 0.25) is 0 Å². The lowest BCUT2D eigenvalue weighted by atomic mass is 10.0. The molecule has 4 aromatic rings. The average Bonchev–Trinajstić information content (AvgIpc) is 3.11. The summed E-state index contributed by atoms with van der Waals surface area (Å²) in [7, 11) is 5.46. The molecule has 0 aliphatic heterocycles.